The first-order chi connectivity index (χ1) is 12.2. The summed E-state index contributed by atoms with van der Waals surface area (Å²) in [6, 6.07) is 16.4. The molecule has 25 heavy (non-hydrogen) atoms. The number of amides is 2. The zero-order valence-electron chi connectivity index (χ0n) is 14.1. The third-order valence-electron chi connectivity index (χ3n) is 4.16. The number of nitrogens with one attached hydrogen (secondary N) is 1. The van der Waals surface area contributed by atoms with Crippen LogP contribution in [0.2, 0.25) is 0 Å². The minimum atomic E-state index is -0.201. The van der Waals surface area contributed by atoms with E-state index < -0.39 is 0 Å². The van der Waals surface area contributed by atoms with Crippen LogP contribution in [-0.4, -0.2) is 36.3 Å². The lowest BCUT2D eigenvalue weighted by molar-refractivity contribution is -0.129. The lowest BCUT2D eigenvalue weighted by Crippen LogP contribution is -2.32. The third kappa shape index (κ3) is 4.83. The van der Waals surface area contributed by atoms with E-state index in [4.69, 9.17) is 4.74 Å². The molecule has 0 saturated carbocycles. The molecule has 2 aromatic carbocycles. The molecule has 1 heterocycles. The maximum absolute atomic E-state index is 12.3. The lowest BCUT2D eigenvalue weighted by atomic mass is 10.2. The number of hydrogen-bond donors (Lipinski definition) is 1. The van der Waals surface area contributed by atoms with Crippen molar-refractivity contribution in [1.82, 2.24) is 10.2 Å². The molecule has 1 aliphatic heterocycles. The first kappa shape index (κ1) is 17.0. The number of hydrogen-bond acceptors (Lipinski definition) is 3. The number of para-hydroxylation sites is 1. The third-order valence-corrected chi connectivity index (χ3v) is 4.16. The molecular formula is C20H22N2O3. The summed E-state index contributed by atoms with van der Waals surface area (Å²) in [5.41, 5.74) is 0.516. The van der Waals surface area contributed by atoms with Gasteiger partial charge < -0.3 is 15.0 Å². The van der Waals surface area contributed by atoms with Crippen molar-refractivity contribution < 1.29 is 14.3 Å². The van der Waals surface area contributed by atoms with Crippen LogP contribution in [0.25, 0.3) is 0 Å². The summed E-state index contributed by atoms with van der Waals surface area (Å²) < 4.78 is 5.74. The summed E-state index contributed by atoms with van der Waals surface area (Å²) in [7, 11) is 0. The Kier molecular flexibility index (Phi) is 5.67. The van der Waals surface area contributed by atoms with Gasteiger partial charge in [-0.1, -0.05) is 24.3 Å². The summed E-state index contributed by atoms with van der Waals surface area (Å²) in [6.07, 6.45) is 2.49. The first-order valence-electron chi connectivity index (χ1n) is 8.61. The normalized spacial score (nSPS) is 13.5. The Balaban J connectivity index is 1.51. The van der Waals surface area contributed by atoms with Crippen LogP contribution in [0, 0.1) is 0 Å². The molecule has 0 spiro atoms. The van der Waals surface area contributed by atoms with E-state index in [0.717, 1.165) is 31.7 Å². The Morgan fingerprint density at radius 2 is 1.68 bits per heavy atom. The molecule has 1 aliphatic rings. The smallest absolute Gasteiger partial charge is 0.251 e. The van der Waals surface area contributed by atoms with Crippen molar-refractivity contribution in [2.45, 2.75) is 19.3 Å². The molecule has 0 aromatic heterocycles. The number of nitrogens with zero attached hydrogens (tertiary/aromatic N) is 1. The monoisotopic (exact) mass is 338 g/mol. The van der Waals surface area contributed by atoms with Crippen LogP contribution in [0.4, 0.5) is 0 Å². The SMILES string of the molecule is O=C(NCCC(=O)N1CCCC1)c1cccc(Oc2ccccc2)c1. The second-order valence-corrected chi connectivity index (χ2v) is 6.04. The molecule has 3 rings (SSSR count). The summed E-state index contributed by atoms with van der Waals surface area (Å²) >= 11 is 0. The van der Waals surface area contributed by atoms with E-state index in [-0.39, 0.29) is 11.8 Å². The predicted molar refractivity (Wildman–Crippen MR) is 95.7 cm³/mol. The number of likely N-dealkylation sites (tertiary alicyclic amines) is 1. The van der Waals surface area contributed by atoms with Crippen molar-refractivity contribution in [3.63, 3.8) is 0 Å². The van der Waals surface area contributed by atoms with Crippen molar-refractivity contribution in [3.05, 3.63) is 60.2 Å². The molecular weight excluding hydrogens is 316 g/mol. The van der Waals surface area contributed by atoms with E-state index in [2.05, 4.69) is 5.32 Å². The molecule has 0 aliphatic carbocycles. The maximum Gasteiger partial charge on any atom is 0.251 e. The highest BCUT2D eigenvalue weighted by atomic mass is 16.5. The highest BCUT2D eigenvalue weighted by molar-refractivity contribution is 5.94. The van der Waals surface area contributed by atoms with Gasteiger partial charge in [0.1, 0.15) is 11.5 Å². The van der Waals surface area contributed by atoms with Crippen LogP contribution in [0.15, 0.2) is 54.6 Å². The molecule has 2 amide bonds. The Bertz CT molecular complexity index is 725. The second-order valence-electron chi connectivity index (χ2n) is 6.04. The van der Waals surface area contributed by atoms with Crippen LogP contribution in [0.3, 0.4) is 0 Å². The molecule has 1 fully saturated rings. The molecule has 130 valence electrons. The van der Waals surface area contributed by atoms with Crippen molar-refractivity contribution in [3.8, 4) is 11.5 Å². The molecule has 0 bridgehead atoms. The Morgan fingerprint density at radius 1 is 0.960 bits per heavy atom. The fourth-order valence-corrected chi connectivity index (χ4v) is 2.84. The van der Waals surface area contributed by atoms with Gasteiger partial charge in [-0.3, -0.25) is 9.59 Å². The van der Waals surface area contributed by atoms with Crippen LogP contribution < -0.4 is 10.1 Å². The minimum Gasteiger partial charge on any atom is -0.457 e. The topological polar surface area (TPSA) is 58.6 Å². The largest absolute Gasteiger partial charge is 0.457 e. The number of carbonyl (C=O) groups excluding carboxylic acids is 2. The van der Waals surface area contributed by atoms with E-state index in [1.54, 1.807) is 24.3 Å². The van der Waals surface area contributed by atoms with Crippen molar-refractivity contribution >= 4 is 11.8 Å². The lowest BCUT2D eigenvalue weighted by Gasteiger charge is -2.15. The van der Waals surface area contributed by atoms with E-state index in [1.807, 2.05) is 35.2 Å². The fraction of sp³-hybridized carbons (Fsp3) is 0.300. The van der Waals surface area contributed by atoms with Gasteiger partial charge in [0, 0.05) is 31.6 Å². The van der Waals surface area contributed by atoms with Crippen LogP contribution >= 0.6 is 0 Å². The summed E-state index contributed by atoms with van der Waals surface area (Å²) in [6.45, 7) is 2.02. The van der Waals surface area contributed by atoms with E-state index in [9.17, 15) is 9.59 Å². The molecule has 1 N–H and O–H groups in total. The van der Waals surface area contributed by atoms with E-state index in [0.29, 0.717) is 24.3 Å². The van der Waals surface area contributed by atoms with Gasteiger partial charge in [0.15, 0.2) is 0 Å². The van der Waals surface area contributed by atoms with Crippen molar-refractivity contribution in [2.24, 2.45) is 0 Å². The Morgan fingerprint density at radius 3 is 2.44 bits per heavy atom. The van der Waals surface area contributed by atoms with Crippen LogP contribution in [0.1, 0.15) is 29.6 Å². The maximum atomic E-state index is 12.3. The zero-order valence-corrected chi connectivity index (χ0v) is 14.1. The van der Waals surface area contributed by atoms with Gasteiger partial charge in [0.05, 0.1) is 0 Å². The number of rotatable bonds is 6. The number of ether oxygens (including phenoxy) is 1. The quantitative estimate of drug-likeness (QED) is 0.880. The van der Waals surface area contributed by atoms with Gasteiger partial charge in [-0.25, -0.2) is 0 Å². The first-order valence-corrected chi connectivity index (χ1v) is 8.61. The average Bonchev–Trinajstić information content (AvgIpc) is 3.17. The Hall–Kier alpha value is -2.82. The molecule has 5 nitrogen and oxygen atoms in total. The highest BCUT2D eigenvalue weighted by Gasteiger charge is 2.17. The second kappa shape index (κ2) is 8.33. The van der Waals surface area contributed by atoms with Crippen LogP contribution in [-0.2, 0) is 4.79 Å². The number of benzene rings is 2. The molecule has 5 heteroatoms. The van der Waals surface area contributed by atoms with Gasteiger partial charge in [-0.15, -0.1) is 0 Å². The van der Waals surface area contributed by atoms with Crippen LogP contribution in [0.5, 0.6) is 11.5 Å². The van der Waals surface area contributed by atoms with Gasteiger partial charge >= 0.3 is 0 Å². The predicted octanol–water partition coefficient (Wildman–Crippen LogP) is 3.22. The molecule has 1 saturated heterocycles. The highest BCUT2D eigenvalue weighted by Crippen LogP contribution is 2.21. The van der Waals surface area contributed by atoms with Gasteiger partial charge in [0.25, 0.3) is 5.91 Å². The summed E-state index contributed by atoms with van der Waals surface area (Å²) in [5.74, 6) is 1.23. The molecule has 0 atom stereocenters. The van der Waals surface area contributed by atoms with E-state index >= 15 is 0 Å². The van der Waals surface area contributed by atoms with Gasteiger partial charge in [0.2, 0.25) is 5.91 Å². The summed E-state index contributed by atoms with van der Waals surface area (Å²) in [5, 5.41) is 2.80. The van der Waals surface area contributed by atoms with Crippen molar-refractivity contribution in [1.29, 1.82) is 0 Å². The number of carbonyl (C=O) groups is 2. The standard InChI is InChI=1S/C20H22N2O3/c23-19(22-13-4-5-14-22)11-12-21-20(24)16-7-6-10-18(15-16)25-17-8-2-1-3-9-17/h1-3,6-10,15H,4-5,11-14H2,(H,21,24). The minimum absolute atomic E-state index is 0.110. The van der Waals surface area contributed by atoms with E-state index in [1.165, 1.54) is 0 Å². The molecule has 0 radical (unpaired) electrons. The fourth-order valence-electron chi connectivity index (χ4n) is 2.84. The zero-order chi connectivity index (χ0) is 17.5. The molecule has 0 unspecified atom stereocenters. The molecule has 2 aromatic rings. The summed E-state index contributed by atoms with van der Waals surface area (Å²) in [4.78, 5) is 26.1. The van der Waals surface area contributed by atoms with Gasteiger partial charge in [-0.05, 0) is 43.2 Å². The van der Waals surface area contributed by atoms with Crippen molar-refractivity contribution in [2.75, 3.05) is 19.6 Å². The Labute approximate surface area is 147 Å². The average molecular weight is 338 g/mol. The van der Waals surface area contributed by atoms with Gasteiger partial charge in [-0.2, -0.15) is 0 Å².